The van der Waals surface area contributed by atoms with Crippen molar-refractivity contribution in [3.8, 4) is 11.4 Å². The zero-order valence-electron chi connectivity index (χ0n) is 32.9. The Morgan fingerprint density at radius 1 is 0.845 bits per heavy atom. The summed E-state index contributed by atoms with van der Waals surface area (Å²) in [5.74, 6) is -0.527. The Balaban J connectivity index is 0.000000573. The molecule has 1 N–H and O–H groups in total. The van der Waals surface area contributed by atoms with E-state index in [9.17, 15) is 13.6 Å². The van der Waals surface area contributed by atoms with Crippen LogP contribution in [0.4, 0.5) is 20.2 Å². The maximum absolute atomic E-state index is 15.0. The molecule has 0 spiro atoms. The smallest absolute Gasteiger partial charge is 0.350 e. The van der Waals surface area contributed by atoms with Gasteiger partial charge in [0, 0.05) is 55.1 Å². The van der Waals surface area contributed by atoms with Crippen LogP contribution in [0.5, 0.6) is 5.75 Å². The van der Waals surface area contributed by atoms with E-state index in [-0.39, 0.29) is 30.8 Å². The highest BCUT2D eigenvalue weighted by molar-refractivity contribution is 5.54. The van der Waals surface area contributed by atoms with Gasteiger partial charge in [-0.05, 0) is 79.4 Å². The minimum absolute atomic E-state index is 0.00191. The fourth-order valence-corrected chi connectivity index (χ4v) is 7.76. The molecule has 0 saturated carbocycles. The molecule has 58 heavy (non-hydrogen) atoms. The van der Waals surface area contributed by atoms with Gasteiger partial charge in [0.15, 0.2) is 0 Å². The first kappa shape index (κ1) is 40.3. The molecule has 6 aromatic rings. The summed E-state index contributed by atoms with van der Waals surface area (Å²) in [6.07, 6.45) is 6.81. The summed E-state index contributed by atoms with van der Waals surface area (Å²) in [4.78, 5) is 21.7. The normalized spacial score (nSPS) is 18.0. The second kappa shape index (κ2) is 18.6. The van der Waals surface area contributed by atoms with Crippen LogP contribution < -0.4 is 20.2 Å². The van der Waals surface area contributed by atoms with E-state index >= 15 is 0 Å². The Morgan fingerprint density at radius 3 is 2.09 bits per heavy atom. The Hall–Kier alpha value is -5.86. The minimum atomic E-state index is -1.01. The van der Waals surface area contributed by atoms with E-state index in [0.717, 1.165) is 73.5 Å². The Labute approximate surface area is 336 Å². The van der Waals surface area contributed by atoms with E-state index in [4.69, 9.17) is 14.6 Å². The van der Waals surface area contributed by atoms with Gasteiger partial charge in [-0.25, -0.2) is 32.5 Å². The van der Waals surface area contributed by atoms with Crippen molar-refractivity contribution in [3.63, 3.8) is 0 Å². The summed E-state index contributed by atoms with van der Waals surface area (Å²) in [7, 11) is 0. The van der Waals surface area contributed by atoms with Gasteiger partial charge in [0.25, 0.3) is 0 Å². The molecule has 8 rings (SSSR count). The van der Waals surface area contributed by atoms with Crippen molar-refractivity contribution in [2.45, 2.75) is 57.9 Å². The molecule has 0 bridgehead atoms. The van der Waals surface area contributed by atoms with Gasteiger partial charge in [0.2, 0.25) is 0 Å². The lowest BCUT2D eigenvalue weighted by atomic mass is 9.87. The van der Waals surface area contributed by atoms with Crippen molar-refractivity contribution in [1.82, 2.24) is 29.1 Å². The van der Waals surface area contributed by atoms with E-state index in [0.29, 0.717) is 25.2 Å². The molecule has 14 heteroatoms. The molecule has 0 radical (unpaired) electrons. The van der Waals surface area contributed by atoms with E-state index in [2.05, 4.69) is 63.1 Å². The molecule has 2 unspecified atom stereocenters. The van der Waals surface area contributed by atoms with Gasteiger partial charge in [0.1, 0.15) is 42.0 Å². The molecule has 4 aromatic carbocycles. The summed E-state index contributed by atoms with van der Waals surface area (Å²) in [6, 6.07) is 29.4. The molecule has 2 saturated heterocycles. The van der Waals surface area contributed by atoms with E-state index in [1.54, 1.807) is 26.6 Å². The number of halogens is 2. The largest absolute Gasteiger partial charge is 0.493 e. The number of rotatable bonds is 13. The standard InChI is InChI=1S/C37H42F2N8O3.C7H8O/c1-3-29(4-2)47-36(48)46(26-42-47)32-8-6-30(7-9-32)43-15-17-44(18-16-43)31-10-12-33(13-11-31)49-21-27-20-37(50-22-27,23-45-25-40-24-41-45)34-14-5-28(38)19-35(34)39;8-6-7-4-2-1-3-5-7/h5-14,19,24-27,29H,3-4,15-18,20-23H2,1-2H3;1-5,8H,6H2. The molecule has 0 aliphatic carbocycles. The van der Waals surface area contributed by atoms with Crippen LogP contribution in [0.3, 0.4) is 0 Å². The molecule has 2 aliphatic rings. The van der Waals surface area contributed by atoms with Gasteiger partial charge >= 0.3 is 5.69 Å². The third kappa shape index (κ3) is 9.29. The number of anilines is 2. The quantitative estimate of drug-likeness (QED) is 0.135. The van der Waals surface area contributed by atoms with Crippen molar-refractivity contribution in [3.05, 3.63) is 149 Å². The van der Waals surface area contributed by atoms with Gasteiger partial charge in [-0.2, -0.15) is 10.2 Å². The molecule has 0 amide bonds. The van der Waals surface area contributed by atoms with E-state index in [1.165, 1.54) is 18.5 Å². The molecule has 4 heterocycles. The number of hydrogen-bond donors (Lipinski definition) is 1. The molecule has 304 valence electrons. The van der Waals surface area contributed by atoms with Crippen LogP contribution in [-0.2, 0) is 23.5 Å². The molecule has 2 atom stereocenters. The first-order valence-corrected chi connectivity index (χ1v) is 19.8. The van der Waals surface area contributed by atoms with Crippen LogP contribution in [-0.4, -0.2) is 73.6 Å². The predicted molar refractivity (Wildman–Crippen MR) is 218 cm³/mol. The van der Waals surface area contributed by atoms with Gasteiger partial charge in [-0.1, -0.05) is 50.2 Å². The van der Waals surface area contributed by atoms with Crippen molar-refractivity contribution < 1.29 is 23.4 Å². The number of piperazine rings is 1. The molecule has 2 aromatic heterocycles. The summed E-state index contributed by atoms with van der Waals surface area (Å²) >= 11 is 0. The van der Waals surface area contributed by atoms with Gasteiger partial charge in [0.05, 0.1) is 38.1 Å². The van der Waals surface area contributed by atoms with Crippen LogP contribution in [0.2, 0.25) is 0 Å². The van der Waals surface area contributed by atoms with Crippen molar-refractivity contribution in [2.24, 2.45) is 5.92 Å². The molecular weight excluding hydrogens is 743 g/mol. The van der Waals surface area contributed by atoms with E-state index in [1.807, 2.05) is 54.6 Å². The number of aliphatic hydroxyl groups is 1. The second-order valence-corrected chi connectivity index (χ2v) is 14.7. The number of nitrogens with zero attached hydrogens (tertiary/aromatic N) is 8. The first-order valence-electron chi connectivity index (χ1n) is 19.8. The fourth-order valence-electron chi connectivity index (χ4n) is 7.76. The van der Waals surface area contributed by atoms with Crippen LogP contribution in [0.15, 0.2) is 121 Å². The van der Waals surface area contributed by atoms with Crippen LogP contribution in [0.25, 0.3) is 5.69 Å². The maximum atomic E-state index is 15.0. The summed E-state index contributed by atoms with van der Waals surface area (Å²) < 4.78 is 45.9. The highest BCUT2D eigenvalue weighted by Gasteiger charge is 2.44. The summed E-state index contributed by atoms with van der Waals surface area (Å²) in [5, 5.41) is 17.1. The van der Waals surface area contributed by atoms with Crippen LogP contribution in [0, 0.1) is 17.6 Å². The number of hydrogen-bond acceptors (Lipinski definition) is 9. The SMILES string of the molecule is CCC(CC)n1ncn(-c2ccc(N3CCN(c4ccc(OCC5COC(Cn6cncn6)(c6ccc(F)cc6F)C5)cc4)CC3)cc2)c1=O.OCc1ccccc1. The Bertz CT molecular complexity index is 2240. The number of benzene rings is 4. The number of aromatic nitrogens is 6. The van der Waals surface area contributed by atoms with Crippen LogP contribution >= 0.6 is 0 Å². The van der Waals surface area contributed by atoms with E-state index < -0.39 is 17.2 Å². The molecular formula is C44H50F2N8O4. The fraction of sp³-hybridized carbons (Fsp3) is 0.364. The predicted octanol–water partition coefficient (Wildman–Crippen LogP) is 6.78. The highest BCUT2D eigenvalue weighted by Crippen LogP contribution is 2.42. The first-order chi connectivity index (χ1) is 28.3. The summed E-state index contributed by atoms with van der Waals surface area (Å²) in [6.45, 7) is 8.80. The average molecular weight is 793 g/mol. The van der Waals surface area contributed by atoms with Crippen molar-refractivity contribution >= 4 is 11.4 Å². The Kier molecular flexibility index (Phi) is 12.9. The van der Waals surface area contributed by atoms with Crippen molar-refractivity contribution in [1.29, 1.82) is 0 Å². The highest BCUT2D eigenvalue weighted by atomic mass is 19.1. The monoisotopic (exact) mass is 792 g/mol. The summed E-state index contributed by atoms with van der Waals surface area (Å²) in [5.41, 5.74) is 3.21. The van der Waals surface area contributed by atoms with Crippen LogP contribution in [0.1, 0.15) is 50.3 Å². The Morgan fingerprint density at radius 2 is 1.50 bits per heavy atom. The molecule has 2 aliphatic heterocycles. The van der Waals surface area contributed by atoms with Crippen molar-refractivity contribution in [2.75, 3.05) is 49.2 Å². The van der Waals surface area contributed by atoms with Gasteiger partial charge in [-0.15, -0.1) is 0 Å². The third-order valence-corrected chi connectivity index (χ3v) is 11.0. The average Bonchev–Trinajstić information content (AvgIpc) is 4.03. The molecule has 2 fully saturated rings. The topological polar surface area (TPSA) is 116 Å². The minimum Gasteiger partial charge on any atom is -0.493 e. The third-order valence-electron chi connectivity index (χ3n) is 11.0. The van der Waals surface area contributed by atoms with Gasteiger partial charge < -0.3 is 24.4 Å². The maximum Gasteiger partial charge on any atom is 0.350 e. The molecule has 12 nitrogen and oxygen atoms in total. The lowest BCUT2D eigenvalue weighted by Crippen LogP contribution is -2.46. The zero-order valence-corrected chi connectivity index (χ0v) is 32.9. The van der Waals surface area contributed by atoms with Gasteiger partial charge in [-0.3, -0.25) is 0 Å². The lowest BCUT2D eigenvalue weighted by Gasteiger charge is -2.37. The number of aliphatic hydroxyl groups excluding tert-OH is 1. The second-order valence-electron chi connectivity index (χ2n) is 14.7. The zero-order chi connectivity index (χ0) is 40.5. The number of ether oxygens (including phenoxy) is 2. The lowest BCUT2D eigenvalue weighted by molar-refractivity contribution is -0.0206.